The van der Waals surface area contributed by atoms with Gasteiger partial charge < -0.3 is 14.6 Å². The smallest absolute Gasteiger partial charge is 0.255 e. The summed E-state index contributed by atoms with van der Waals surface area (Å²) >= 11 is 0. The molecule has 1 N–H and O–H groups in total. The molecule has 22 heavy (non-hydrogen) atoms. The molecule has 1 aliphatic heterocycles. The molecule has 1 saturated heterocycles. The van der Waals surface area contributed by atoms with Crippen molar-refractivity contribution in [3.63, 3.8) is 0 Å². The Morgan fingerprint density at radius 2 is 2.09 bits per heavy atom. The van der Waals surface area contributed by atoms with E-state index < -0.39 is 0 Å². The highest BCUT2D eigenvalue weighted by Gasteiger charge is 2.29. The Balaban J connectivity index is 1.76. The third kappa shape index (κ3) is 2.74. The molecule has 1 aromatic carbocycles. The lowest BCUT2D eigenvalue weighted by atomic mass is 9.97. The molecule has 0 bridgehead atoms. The minimum atomic E-state index is -0.204. The van der Waals surface area contributed by atoms with Gasteiger partial charge in [-0.1, -0.05) is 18.2 Å². The number of amides is 1. The van der Waals surface area contributed by atoms with Crippen LogP contribution >= 0.6 is 0 Å². The van der Waals surface area contributed by atoms with Gasteiger partial charge in [0.1, 0.15) is 5.75 Å². The normalized spacial score (nSPS) is 17.5. The molecule has 1 aliphatic rings. The van der Waals surface area contributed by atoms with Crippen LogP contribution in [0.2, 0.25) is 0 Å². The van der Waals surface area contributed by atoms with Crippen molar-refractivity contribution in [1.82, 2.24) is 9.88 Å². The maximum Gasteiger partial charge on any atom is 0.255 e. The summed E-state index contributed by atoms with van der Waals surface area (Å²) in [5.41, 5.74) is 1.45. The van der Waals surface area contributed by atoms with E-state index in [0.29, 0.717) is 18.7 Å². The Hall–Kier alpha value is -2.56. The lowest BCUT2D eigenvalue weighted by molar-refractivity contribution is 0.0790. The molecule has 114 valence electrons. The molecule has 1 fully saturated rings. The van der Waals surface area contributed by atoms with Crippen LogP contribution in [0.5, 0.6) is 5.75 Å². The summed E-state index contributed by atoms with van der Waals surface area (Å²) in [6.07, 6.45) is 2.39. The summed E-state index contributed by atoms with van der Waals surface area (Å²) in [5, 5.41) is 0. The van der Waals surface area contributed by atoms with Crippen molar-refractivity contribution in [2.75, 3.05) is 20.2 Å². The molecule has 5 nitrogen and oxygen atoms in total. The number of hydrogen-bond acceptors (Lipinski definition) is 3. The van der Waals surface area contributed by atoms with E-state index in [-0.39, 0.29) is 17.4 Å². The van der Waals surface area contributed by atoms with Gasteiger partial charge >= 0.3 is 0 Å². The van der Waals surface area contributed by atoms with Crippen LogP contribution in [0.25, 0.3) is 0 Å². The maximum atomic E-state index is 12.5. The number of aromatic nitrogens is 1. The van der Waals surface area contributed by atoms with Crippen molar-refractivity contribution in [2.24, 2.45) is 0 Å². The molecule has 1 amide bonds. The van der Waals surface area contributed by atoms with Crippen molar-refractivity contribution in [3.8, 4) is 5.75 Å². The summed E-state index contributed by atoms with van der Waals surface area (Å²) < 4.78 is 5.41. The number of carbonyl (C=O) groups excluding carboxylic acids is 1. The molecule has 2 aromatic rings. The molecule has 0 saturated carbocycles. The molecule has 1 unspecified atom stereocenters. The topological polar surface area (TPSA) is 62.4 Å². The van der Waals surface area contributed by atoms with Crippen molar-refractivity contribution < 1.29 is 9.53 Å². The SMILES string of the molecule is COc1ccccc1C1CCN(C(=O)c2ccc(=O)[nH]c2)C1. The Labute approximate surface area is 128 Å². The minimum absolute atomic E-state index is 0.0475. The van der Waals surface area contributed by atoms with E-state index in [2.05, 4.69) is 11.1 Å². The lowest BCUT2D eigenvalue weighted by Crippen LogP contribution is -2.29. The molecule has 5 heteroatoms. The van der Waals surface area contributed by atoms with Crippen LogP contribution in [-0.4, -0.2) is 36.0 Å². The van der Waals surface area contributed by atoms with Gasteiger partial charge in [0.15, 0.2) is 0 Å². The lowest BCUT2D eigenvalue weighted by Gasteiger charge is -2.17. The first-order valence-corrected chi connectivity index (χ1v) is 7.30. The molecule has 3 rings (SSSR count). The van der Waals surface area contributed by atoms with E-state index in [1.807, 2.05) is 23.1 Å². The molecule has 1 atom stereocenters. The van der Waals surface area contributed by atoms with E-state index >= 15 is 0 Å². The summed E-state index contributed by atoms with van der Waals surface area (Å²) in [6, 6.07) is 10.9. The number of ether oxygens (including phenoxy) is 1. The highest BCUT2D eigenvalue weighted by Crippen LogP contribution is 2.33. The number of pyridine rings is 1. The maximum absolute atomic E-state index is 12.5. The number of para-hydroxylation sites is 1. The molecule has 2 heterocycles. The molecule has 0 spiro atoms. The summed E-state index contributed by atoms with van der Waals surface area (Å²) in [7, 11) is 1.66. The third-order valence-corrected chi connectivity index (χ3v) is 4.09. The molecule has 0 aliphatic carbocycles. The van der Waals surface area contributed by atoms with Crippen LogP contribution in [-0.2, 0) is 0 Å². The van der Waals surface area contributed by atoms with Gasteiger partial charge in [0.2, 0.25) is 5.56 Å². The Bertz CT molecular complexity index is 718. The first kappa shape index (κ1) is 14.4. The standard InChI is InChI=1S/C17H18N2O3/c1-22-15-5-3-2-4-14(15)13-8-9-19(11-13)17(21)12-6-7-16(20)18-10-12/h2-7,10,13H,8-9,11H2,1H3,(H,18,20). The van der Waals surface area contributed by atoms with Crippen LogP contribution in [0.4, 0.5) is 0 Å². The van der Waals surface area contributed by atoms with Crippen LogP contribution < -0.4 is 10.3 Å². The fourth-order valence-electron chi connectivity index (χ4n) is 2.93. The first-order valence-electron chi connectivity index (χ1n) is 7.30. The van der Waals surface area contributed by atoms with Gasteiger partial charge in [-0.2, -0.15) is 0 Å². The van der Waals surface area contributed by atoms with E-state index in [4.69, 9.17) is 4.74 Å². The Morgan fingerprint density at radius 3 is 2.82 bits per heavy atom. The number of hydrogen-bond donors (Lipinski definition) is 1. The number of likely N-dealkylation sites (tertiary alicyclic amines) is 1. The predicted octanol–water partition coefficient (Wildman–Crippen LogP) is 2.01. The third-order valence-electron chi connectivity index (χ3n) is 4.09. The predicted molar refractivity (Wildman–Crippen MR) is 83.3 cm³/mol. The van der Waals surface area contributed by atoms with E-state index in [0.717, 1.165) is 17.7 Å². The van der Waals surface area contributed by atoms with Gasteiger partial charge in [-0.3, -0.25) is 9.59 Å². The number of carbonyl (C=O) groups is 1. The fraction of sp³-hybridized carbons (Fsp3) is 0.294. The van der Waals surface area contributed by atoms with Gasteiger partial charge in [-0.25, -0.2) is 0 Å². The zero-order valence-electron chi connectivity index (χ0n) is 12.4. The highest BCUT2D eigenvalue weighted by atomic mass is 16.5. The van der Waals surface area contributed by atoms with Gasteiger partial charge in [-0.15, -0.1) is 0 Å². The minimum Gasteiger partial charge on any atom is -0.496 e. The number of aromatic amines is 1. The number of methoxy groups -OCH3 is 1. The summed E-state index contributed by atoms with van der Waals surface area (Å²) in [6.45, 7) is 1.37. The van der Waals surface area contributed by atoms with Gasteiger partial charge in [0.05, 0.1) is 12.7 Å². The molecule has 0 radical (unpaired) electrons. The average Bonchev–Trinajstić information content (AvgIpc) is 3.04. The van der Waals surface area contributed by atoms with Crippen molar-refractivity contribution in [2.45, 2.75) is 12.3 Å². The first-order chi connectivity index (χ1) is 10.7. The van der Waals surface area contributed by atoms with Crippen LogP contribution in [0, 0.1) is 0 Å². The number of nitrogens with one attached hydrogen (secondary N) is 1. The number of rotatable bonds is 3. The zero-order chi connectivity index (χ0) is 15.5. The molecular weight excluding hydrogens is 280 g/mol. The van der Waals surface area contributed by atoms with Gasteiger partial charge in [0.25, 0.3) is 5.91 Å². The fourth-order valence-corrected chi connectivity index (χ4v) is 2.93. The monoisotopic (exact) mass is 298 g/mol. The van der Waals surface area contributed by atoms with E-state index in [1.165, 1.54) is 12.3 Å². The van der Waals surface area contributed by atoms with Crippen LogP contribution in [0.15, 0.2) is 47.4 Å². The molecular formula is C17H18N2O3. The second-order valence-electron chi connectivity index (χ2n) is 5.42. The Morgan fingerprint density at radius 1 is 1.27 bits per heavy atom. The van der Waals surface area contributed by atoms with Gasteiger partial charge in [0, 0.05) is 31.3 Å². The average molecular weight is 298 g/mol. The summed E-state index contributed by atoms with van der Waals surface area (Å²) in [5.74, 6) is 1.10. The van der Waals surface area contributed by atoms with Crippen molar-refractivity contribution in [3.05, 3.63) is 64.1 Å². The number of benzene rings is 1. The van der Waals surface area contributed by atoms with Crippen LogP contribution in [0.1, 0.15) is 28.3 Å². The van der Waals surface area contributed by atoms with E-state index in [1.54, 1.807) is 13.2 Å². The second kappa shape index (κ2) is 6.05. The van der Waals surface area contributed by atoms with Crippen molar-refractivity contribution >= 4 is 5.91 Å². The molecule has 1 aromatic heterocycles. The van der Waals surface area contributed by atoms with Crippen molar-refractivity contribution in [1.29, 1.82) is 0 Å². The van der Waals surface area contributed by atoms with Crippen LogP contribution in [0.3, 0.4) is 0 Å². The van der Waals surface area contributed by atoms with Gasteiger partial charge in [-0.05, 0) is 24.1 Å². The quantitative estimate of drug-likeness (QED) is 0.943. The number of nitrogens with zero attached hydrogens (tertiary/aromatic N) is 1. The largest absolute Gasteiger partial charge is 0.496 e. The Kier molecular flexibility index (Phi) is 3.96. The number of H-pyrrole nitrogens is 1. The summed E-state index contributed by atoms with van der Waals surface area (Å²) in [4.78, 5) is 27.9. The zero-order valence-corrected chi connectivity index (χ0v) is 12.4. The van der Waals surface area contributed by atoms with E-state index in [9.17, 15) is 9.59 Å². The second-order valence-corrected chi connectivity index (χ2v) is 5.42. The highest BCUT2D eigenvalue weighted by molar-refractivity contribution is 5.94.